The van der Waals surface area contributed by atoms with E-state index in [9.17, 15) is 14.4 Å². The Morgan fingerprint density at radius 1 is 0.972 bits per heavy atom. The minimum Gasteiger partial charge on any atom is -0.356 e. The van der Waals surface area contributed by atoms with E-state index in [1.54, 1.807) is 17.2 Å². The molecule has 9 heteroatoms. The summed E-state index contributed by atoms with van der Waals surface area (Å²) in [4.78, 5) is 57.2. The number of Topliss-reactive ketones (excluding diaryl/α,β-unsaturated/α-hetero) is 1. The summed E-state index contributed by atoms with van der Waals surface area (Å²) in [5.74, 6) is 0.422. The number of aromatic nitrogens is 3. The van der Waals surface area contributed by atoms with E-state index in [0.29, 0.717) is 31.7 Å². The standard InChI is InChI=1S/C27H26N6O3/c1-17(34)24-13-18-5-2-3-6-22(18)33(24)27(36)21-14-25(30-16-29-21)31-11-8-19(9-12-31)32-23-7-4-10-28-20(23)15-26(32)35/h2-7,10,14,16,19,24H,8-9,11-13,15H2,1H3. The van der Waals surface area contributed by atoms with Crippen LogP contribution in [0.4, 0.5) is 17.2 Å². The molecule has 3 aliphatic rings. The average molecular weight is 483 g/mol. The van der Waals surface area contributed by atoms with E-state index < -0.39 is 6.04 Å². The van der Waals surface area contributed by atoms with Crippen LogP contribution in [0, 0.1) is 0 Å². The van der Waals surface area contributed by atoms with Crippen LogP contribution in [0.2, 0.25) is 0 Å². The number of piperidine rings is 1. The van der Waals surface area contributed by atoms with Crippen molar-refractivity contribution >= 4 is 34.8 Å². The number of benzene rings is 1. The van der Waals surface area contributed by atoms with Crippen molar-refractivity contribution in [2.75, 3.05) is 27.8 Å². The molecule has 1 atom stereocenters. The second kappa shape index (κ2) is 8.82. The van der Waals surface area contributed by atoms with Gasteiger partial charge in [0.15, 0.2) is 5.78 Å². The summed E-state index contributed by atoms with van der Waals surface area (Å²) in [6.07, 6.45) is 5.58. The average Bonchev–Trinajstić information content (AvgIpc) is 3.46. The predicted molar refractivity (Wildman–Crippen MR) is 134 cm³/mol. The van der Waals surface area contributed by atoms with Gasteiger partial charge in [-0.15, -0.1) is 0 Å². The molecule has 1 unspecified atom stereocenters. The van der Waals surface area contributed by atoms with Gasteiger partial charge in [0.1, 0.15) is 17.8 Å². The Balaban J connectivity index is 1.19. The number of carbonyl (C=O) groups is 3. The molecular formula is C27H26N6O3. The van der Waals surface area contributed by atoms with Crippen molar-refractivity contribution < 1.29 is 14.4 Å². The summed E-state index contributed by atoms with van der Waals surface area (Å²) in [6.45, 7) is 2.93. The molecule has 9 nitrogen and oxygen atoms in total. The van der Waals surface area contributed by atoms with E-state index in [4.69, 9.17) is 0 Å². The Labute approximate surface area is 208 Å². The first-order chi connectivity index (χ1) is 17.5. The molecule has 2 amide bonds. The second-order valence-corrected chi connectivity index (χ2v) is 9.52. The fraction of sp³-hybridized carbons (Fsp3) is 0.333. The van der Waals surface area contributed by atoms with Crippen molar-refractivity contribution in [1.82, 2.24) is 15.0 Å². The van der Waals surface area contributed by atoms with E-state index in [1.165, 1.54) is 13.3 Å². The highest BCUT2D eigenvalue weighted by Crippen LogP contribution is 2.35. The van der Waals surface area contributed by atoms with Crippen LogP contribution in [-0.4, -0.2) is 57.7 Å². The van der Waals surface area contributed by atoms with Crippen LogP contribution in [0.25, 0.3) is 0 Å². The van der Waals surface area contributed by atoms with Crippen molar-refractivity contribution in [1.29, 1.82) is 0 Å². The zero-order valence-corrected chi connectivity index (χ0v) is 20.0. The number of hydrogen-bond donors (Lipinski definition) is 0. The van der Waals surface area contributed by atoms with Crippen molar-refractivity contribution in [2.24, 2.45) is 0 Å². The number of para-hydroxylation sites is 1. The van der Waals surface area contributed by atoms with E-state index in [2.05, 4.69) is 19.9 Å². The number of fused-ring (bicyclic) bond motifs is 2. The van der Waals surface area contributed by atoms with Crippen molar-refractivity contribution in [3.05, 3.63) is 71.9 Å². The summed E-state index contributed by atoms with van der Waals surface area (Å²) in [6, 6.07) is 12.7. The molecule has 1 saturated heterocycles. The molecule has 6 rings (SSSR count). The number of anilines is 3. The van der Waals surface area contributed by atoms with E-state index in [0.717, 1.165) is 35.5 Å². The third-order valence-electron chi connectivity index (χ3n) is 7.40. The van der Waals surface area contributed by atoms with Crippen LogP contribution in [0.1, 0.15) is 41.5 Å². The lowest BCUT2D eigenvalue weighted by molar-refractivity contribution is -0.118. The van der Waals surface area contributed by atoms with Gasteiger partial charge in [-0.1, -0.05) is 18.2 Å². The lowest BCUT2D eigenvalue weighted by Crippen LogP contribution is -2.46. The Bertz CT molecular complexity index is 1370. The summed E-state index contributed by atoms with van der Waals surface area (Å²) >= 11 is 0. The van der Waals surface area contributed by atoms with Crippen molar-refractivity contribution in [3.63, 3.8) is 0 Å². The molecule has 0 spiro atoms. The third-order valence-corrected chi connectivity index (χ3v) is 7.40. The molecule has 5 heterocycles. The minimum absolute atomic E-state index is 0.0517. The molecular weight excluding hydrogens is 456 g/mol. The van der Waals surface area contributed by atoms with Gasteiger partial charge in [0.25, 0.3) is 5.91 Å². The van der Waals surface area contributed by atoms with Gasteiger partial charge in [-0.05, 0) is 43.5 Å². The second-order valence-electron chi connectivity index (χ2n) is 9.52. The zero-order valence-electron chi connectivity index (χ0n) is 20.0. The molecule has 0 saturated carbocycles. The van der Waals surface area contributed by atoms with Crippen LogP contribution < -0.4 is 14.7 Å². The van der Waals surface area contributed by atoms with Gasteiger partial charge >= 0.3 is 0 Å². The first kappa shape index (κ1) is 22.3. The molecule has 0 radical (unpaired) electrons. The zero-order chi connectivity index (χ0) is 24.8. The molecule has 0 N–H and O–H groups in total. The van der Waals surface area contributed by atoms with Crippen LogP contribution >= 0.6 is 0 Å². The fourth-order valence-electron chi connectivity index (χ4n) is 5.62. The molecule has 3 aromatic rings. The molecule has 36 heavy (non-hydrogen) atoms. The maximum absolute atomic E-state index is 13.6. The van der Waals surface area contributed by atoms with Gasteiger partial charge < -0.3 is 9.80 Å². The van der Waals surface area contributed by atoms with Gasteiger partial charge in [0.2, 0.25) is 5.91 Å². The van der Waals surface area contributed by atoms with Crippen LogP contribution in [0.15, 0.2) is 55.0 Å². The largest absolute Gasteiger partial charge is 0.356 e. The monoisotopic (exact) mass is 482 g/mol. The van der Waals surface area contributed by atoms with Crippen LogP contribution in [0.5, 0.6) is 0 Å². The Hall–Kier alpha value is -4.14. The number of carbonyl (C=O) groups excluding carboxylic acids is 3. The summed E-state index contributed by atoms with van der Waals surface area (Å²) in [7, 11) is 0. The van der Waals surface area contributed by atoms with Gasteiger partial charge in [-0.25, -0.2) is 9.97 Å². The summed E-state index contributed by atoms with van der Waals surface area (Å²) < 4.78 is 0. The highest BCUT2D eigenvalue weighted by Gasteiger charge is 2.38. The third kappa shape index (κ3) is 3.71. The molecule has 1 aromatic carbocycles. The normalized spacial score (nSPS) is 19.4. The Kier molecular flexibility index (Phi) is 5.47. The quantitative estimate of drug-likeness (QED) is 0.564. The van der Waals surface area contributed by atoms with Gasteiger partial charge in [-0.2, -0.15) is 0 Å². The van der Waals surface area contributed by atoms with Crippen molar-refractivity contribution in [2.45, 2.75) is 44.7 Å². The molecule has 3 aliphatic heterocycles. The minimum atomic E-state index is -0.528. The number of pyridine rings is 1. The lowest BCUT2D eigenvalue weighted by atomic mass is 10.0. The Morgan fingerprint density at radius 2 is 1.75 bits per heavy atom. The molecule has 2 aromatic heterocycles. The first-order valence-corrected chi connectivity index (χ1v) is 12.3. The summed E-state index contributed by atoms with van der Waals surface area (Å²) in [5, 5.41) is 0. The molecule has 0 bridgehead atoms. The lowest BCUT2D eigenvalue weighted by Gasteiger charge is -2.37. The molecule has 1 fully saturated rings. The van der Waals surface area contributed by atoms with Crippen LogP contribution in [0.3, 0.4) is 0 Å². The van der Waals surface area contributed by atoms with Gasteiger partial charge in [0.05, 0.1) is 23.8 Å². The topological polar surface area (TPSA) is 99.6 Å². The number of hydrogen-bond acceptors (Lipinski definition) is 7. The highest BCUT2D eigenvalue weighted by molar-refractivity contribution is 6.11. The molecule has 182 valence electrons. The van der Waals surface area contributed by atoms with Gasteiger partial charge in [-0.3, -0.25) is 24.3 Å². The van der Waals surface area contributed by atoms with Crippen molar-refractivity contribution in [3.8, 4) is 0 Å². The number of nitrogens with zero attached hydrogens (tertiary/aromatic N) is 6. The highest BCUT2D eigenvalue weighted by atomic mass is 16.2. The Morgan fingerprint density at radius 3 is 2.56 bits per heavy atom. The molecule has 0 aliphatic carbocycles. The summed E-state index contributed by atoms with van der Waals surface area (Å²) in [5.41, 5.74) is 3.77. The maximum Gasteiger partial charge on any atom is 0.277 e. The van der Waals surface area contributed by atoms with E-state index >= 15 is 0 Å². The maximum atomic E-state index is 13.6. The predicted octanol–water partition coefficient (Wildman–Crippen LogP) is 2.59. The number of ketones is 1. The van der Waals surface area contributed by atoms with Crippen LogP contribution in [-0.2, 0) is 22.4 Å². The SMILES string of the molecule is CC(=O)C1Cc2ccccc2N1C(=O)c1cc(N2CCC(N3C(=O)Cc4ncccc43)CC2)ncn1. The van der Waals surface area contributed by atoms with Gasteiger partial charge in [0, 0.05) is 43.5 Å². The van der Waals surface area contributed by atoms with E-state index in [1.807, 2.05) is 41.3 Å². The fourth-order valence-corrected chi connectivity index (χ4v) is 5.62. The first-order valence-electron chi connectivity index (χ1n) is 12.3. The number of amides is 2. The number of rotatable bonds is 4. The van der Waals surface area contributed by atoms with E-state index in [-0.39, 0.29) is 29.3 Å². The smallest absolute Gasteiger partial charge is 0.277 e.